The molecule has 0 N–H and O–H groups in total. The normalized spacial score (nSPS) is 15.2. The minimum atomic E-state index is -7.62. The van der Waals surface area contributed by atoms with Gasteiger partial charge in [0.05, 0.1) is 33.0 Å². The molecule has 0 aromatic heterocycles. The summed E-state index contributed by atoms with van der Waals surface area (Å²) in [5.41, 5.74) is -55.7. The zero-order valence-corrected chi connectivity index (χ0v) is 32.1. The van der Waals surface area contributed by atoms with Crippen LogP contribution >= 0.6 is 0 Å². The summed E-state index contributed by atoms with van der Waals surface area (Å²) in [7, 11) is 0. The van der Waals surface area contributed by atoms with E-state index in [0.29, 0.717) is 0 Å². The Hall–Kier alpha value is -6.66. The van der Waals surface area contributed by atoms with Crippen molar-refractivity contribution in [3.05, 3.63) is 139 Å². The number of rotatable bonds is 2. The van der Waals surface area contributed by atoms with Gasteiger partial charge in [0.25, 0.3) is 0 Å². The molecule has 8 rings (SSSR count). The average Bonchev–Trinajstić information content (AvgIpc) is 3.80. The molecule has 0 radical (unpaired) electrons. The SMILES string of the molecule is Fc1c(F)c(F)c2c(c1F)-c1c(F)c(F)c(-c3c(F)c(F)c4c(F)c(-c5c(F)c(F)c6c(c5F)C(C(F)(F)F)(C(F)(F)F)c5c(F)c(F)c(F)c(F)c5-6)c(F)c(F)c4c3F)c(F)c1C2(C(F)(F)F)C(F)(F)F. The van der Waals surface area contributed by atoms with Crippen LogP contribution in [0.3, 0.4) is 0 Å². The van der Waals surface area contributed by atoms with Crippen LogP contribution in [-0.4, -0.2) is 24.7 Å². The molecule has 0 fully saturated rings. The highest BCUT2D eigenvalue weighted by atomic mass is 19.4. The summed E-state index contributed by atoms with van der Waals surface area (Å²) < 4.78 is 487. The van der Waals surface area contributed by atoms with Crippen LogP contribution in [0.15, 0.2) is 0 Å². The minimum absolute atomic E-state index is 3.14. The Balaban J connectivity index is 1.52. The second kappa shape index (κ2) is 15.0. The number of benzene rings is 6. The smallest absolute Gasteiger partial charge is 0.206 e. The zero-order chi connectivity index (χ0) is 54.6. The molecule has 0 amide bonds. The minimum Gasteiger partial charge on any atom is -0.206 e. The molecule has 6 aromatic carbocycles. The van der Waals surface area contributed by atoms with E-state index in [-0.39, 0.29) is 0 Å². The quantitative estimate of drug-likeness (QED) is 0.0921. The third kappa shape index (κ3) is 5.62. The van der Waals surface area contributed by atoms with Crippen LogP contribution < -0.4 is 0 Å². The van der Waals surface area contributed by atoms with E-state index in [1.807, 2.05) is 0 Å². The van der Waals surface area contributed by atoms with Crippen molar-refractivity contribution in [3.63, 3.8) is 0 Å². The van der Waals surface area contributed by atoms with Gasteiger partial charge in [-0.1, -0.05) is 0 Å². The van der Waals surface area contributed by atoms with Crippen molar-refractivity contribution in [3.8, 4) is 44.5 Å². The fourth-order valence-electron chi connectivity index (χ4n) is 9.03. The fourth-order valence-corrected chi connectivity index (χ4v) is 9.03. The monoisotopic (exact) mass is 1090 g/mol. The first kappa shape index (κ1) is 51.7. The van der Waals surface area contributed by atoms with Crippen molar-refractivity contribution in [2.24, 2.45) is 0 Å². The molecule has 72 heavy (non-hydrogen) atoms. The Labute approximate surface area is 370 Å². The lowest BCUT2D eigenvalue weighted by Gasteiger charge is -2.36. The lowest BCUT2D eigenvalue weighted by atomic mass is 9.75. The van der Waals surface area contributed by atoms with E-state index in [9.17, 15) is 70.2 Å². The van der Waals surface area contributed by atoms with Gasteiger partial charge in [-0.25, -0.2) is 87.8 Å². The Morgan fingerprint density at radius 3 is 0.569 bits per heavy atom. The Kier molecular flexibility index (Phi) is 10.7. The predicted octanol–water partition coefficient (Wildman–Crippen LogP) is 15.7. The number of hydrogen-bond donors (Lipinski definition) is 0. The number of alkyl halides is 12. The topological polar surface area (TPSA) is 0 Å². The van der Waals surface area contributed by atoms with Crippen LogP contribution in [0.5, 0.6) is 0 Å². The van der Waals surface area contributed by atoms with Gasteiger partial charge in [-0.2, -0.15) is 52.7 Å². The van der Waals surface area contributed by atoms with Gasteiger partial charge in [0.15, 0.2) is 93.1 Å². The van der Waals surface area contributed by atoms with E-state index >= 15 is 70.2 Å². The molecule has 0 saturated heterocycles. The molecule has 384 valence electrons. The van der Waals surface area contributed by atoms with E-state index in [1.54, 1.807) is 0 Å². The lowest BCUT2D eigenvalue weighted by molar-refractivity contribution is -0.290. The van der Waals surface area contributed by atoms with Gasteiger partial charge in [-0.05, 0) is 0 Å². The van der Waals surface area contributed by atoms with Gasteiger partial charge < -0.3 is 0 Å². The summed E-state index contributed by atoms with van der Waals surface area (Å²) in [5, 5.41) is -6.51. The second-order valence-electron chi connectivity index (χ2n) is 15.0. The maximum atomic E-state index is 16.5. The number of hydrogen-bond acceptors (Lipinski definition) is 0. The standard InChI is InChI=1S/C40F32/c41-15-5-6(23(49)25(51)7(15)9-17(43)11-1(19(45)27(9)53)3-13(29(55)33(59)31(57)21(3)47)35(11,37(61,62)63)38(64,65)66)16(42)8(26(52)24(5)50)10-18(44)12-2(20(46)28(10)54)4-14(30(56)34(60)32(58)22(4)48)36(12,39(67,68)69)40(70,71)72. The van der Waals surface area contributed by atoms with E-state index in [2.05, 4.69) is 0 Å². The molecule has 2 aliphatic rings. The maximum absolute atomic E-state index is 16.5. The van der Waals surface area contributed by atoms with Crippen LogP contribution in [0.2, 0.25) is 0 Å². The summed E-state index contributed by atoms with van der Waals surface area (Å²) >= 11 is 0. The highest BCUT2D eigenvalue weighted by Gasteiger charge is 2.80. The van der Waals surface area contributed by atoms with Crippen molar-refractivity contribution in [1.29, 1.82) is 0 Å². The van der Waals surface area contributed by atoms with Crippen molar-refractivity contribution in [2.45, 2.75) is 35.5 Å². The summed E-state index contributed by atoms with van der Waals surface area (Å²) in [6, 6.07) is 0. The molecular weight excluding hydrogens is 1090 g/mol. The average molecular weight is 1090 g/mol. The Morgan fingerprint density at radius 2 is 0.333 bits per heavy atom. The van der Waals surface area contributed by atoms with Crippen molar-refractivity contribution < 1.29 is 140 Å². The van der Waals surface area contributed by atoms with Gasteiger partial charge in [0.1, 0.15) is 23.3 Å². The molecule has 6 aromatic rings. The summed E-state index contributed by atoms with van der Waals surface area (Å²) in [5.74, 6) is -74.3. The van der Waals surface area contributed by atoms with E-state index < -0.39 is 229 Å². The highest BCUT2D eigenvalue weighted by molar-refractivity contribution is 5.96. The summed E-state index contributed by atoms with van der Waals surface area (Å²) in [6.45, 7) is 0. The molecule has 2 aliphatic carbocycles. The molecule has 32 heteroatoms. The molecular formula is C40F32. The largest absolute Gasteiger partial charge is 0.411 e. The van der Waals surface area contributed by atoms with Crippen LogP contribution in [0.4, 0.5) is 140 Å². The number of fused-ring (bicyclic) bond motifs is 7. The third-order valence-corrected chi connectivity index (χ3v) is 11.8. The van der Waals surface area contributed by atoms with E-state index in [0.717, 1.165) is 0 Å². The molecule has 0 unspecified atom stereocenters. The van der Waals surface area contributed by atoms with E-state index in [4.69, 9.17) is 0 Å². The van der Waals surface area contributed by atoms with Gasteiger partial charge in [-0.15, -0.1) is 0 Å². The molecule has 0 nitrogen and oxygen atoms in total. The van der Waals surface area contributed by atoms with Gasteiger partial charge in [-0.3, -0.25) is 0 Å². The lowest BCUT2D eigenvalue weighted by Crippen LogP contribution is -2.54. The maximum Gasteiger partial charge on any atom is 0.411 e. The second-order valence-corrected chi connectivity index (χ2v) is 15.0. The fraction of sp³-hybridized carbons (Fsp3) is 0.150. The van der Waals surface area contributed by atoms with Gasteiger partial charge >= 0.3 is 24.7 Å². The number of halogens is 32. The molecule has 0 aliphatic heterocycles. The van der Waals surface area contributed by atoms with Crippen LogP contribution in [-0.2, 0) is 10.8 Å². The van der Waals surface area contributed by atoms with Gasteiger partial charge in [0.2, 0.25) is 10.8 Å². The van der Waals surface area contributed by atoms with Crippen LogP contribution in [0.1, 0.15) is 22.3 Å². The first-order valence-corrected chi connectivity index (χ1v) is 17.8. The Morgan fingerprint density at radius 1 is 0.167 bits per heavy atom. The van der Waals surface area contributed by atoms with E-state index in [1.165, 1.54) is 0 Å². The summed E-state index contributed by atoms with van der Waals surface area (Å²) in [4.78, 5) is 0. The molecule has 0 spiro atoms. The van der Waals surface area contributed by atoms with Crippen molar-refractivity contribution in [2.75, 3.05) is 0 Å². The van der Waals surface area contributed by atoms with Crippen molar-refractivity contribution in [1.82, 2.24) is 0 Å². The van der Waals surface area contributed by atoms with Crippen LogP contribution in [0, 0.1) is 116 Å². The zero-order valence-electron chi connectivity index (χ0n) is 32.1. The first-order chi connectivity index (χ1) is 32.7. The molecule has 0 saturated carbocycles. The first-order valence-electron chi connectivity index (χ1n) is 17.8. The third-order valence-electron chi connectivity index (χ3n) is 11.8. The van der Waals surface area contributed by atoms with Gasteiger partial charge in [0, 0.05) is 44.5 Å². The molecule has 0 bridgehead atoms. The molecule has 0 atom stereocenters. The summed E-state index contributed by atoms with van der Waals surface area (Å²) in [6.07, 6.45) is -30.5. The predicted molar refractivity (Wildman–Crippen MR) is 171 cm³/mol. The van der Waals surface area contributed by atoms with Crippen LogP contribution in [0.25, 0.3) is 55.3 Å². The van der Waals surface area contributed by atoms with Crippen molar-refractivity contribution >= 4 is 10.8 Å². The molecule has 0 heterocycles. The Bertz CT molecular complexity index is 3250. The highest BCUT2D eigenvalue weighted by Crippen LogP contribution is 2.69.